The maximum Gasteiger partial charge on any atom is 0.237 e. The van der Waals surface area contributed by atoms with Crippen LogP contribution in [0.25, 0.3) is 0 Å². The SMILES string of the molecule is O=C1CCCN1c1cccc(N2CC(S(=O)(=O)Cl)CC2=O)c1. The summed E-state index contributed by atoms with van der Waals surface area (Å²) in [6, 6.07) is 7.03. The summed E-state index contributed by atoms with van der Waals surface area (Å²) < 4.78 is 22.8. The van der Waals surface area contributed by atoms with E-state index in [-0.39, 0.29) is 24.8 Å². The number of nitrogens with zero attached hydrogens (tertiary/aromatic N) is 2. The molecule has 0 bridgehead atoms. The molecule has 0 saturated carbocycles. The van der Waals surface area contributed by atoms with Gasteiger partial charge in [-0.05, 0) is 24.6 Å². The van der Waals surface area contributed by atoms with Crippen molar-refractivity contribution in [2.45, 2.75) is 24.5 Å². The average Bonchev–Trinajstić information content (AvgIpc) is 3.04. The van der Waals surface area contributed by atoms with Crippen molar-refractivity contribution in [2.75, 3.05) is 22.9 Å². The van der Waals surface area contributed by atoms with E-state index in [1.165, 1.54) is 4.90 Å². The van der Waals surface area contributed by atoms with Crippen LogP contribution in [0.15, 0.2) is 24.3 Å². The Morgan fingerprint density at radius 1 is 1.09 bits per heavy atom. The topological polar surface area (TPSA) is 74.8 Å². The van der Waals surface area contributed by atoms with E-state index in [1.807, 2.05) is 6.07 Å². The zero-order valence-electron chi connectivity index (χ0n) is 11.7. The Labute approximate surface area is 133 Å². The highest BCUT2D eigenvalue weighted by Crippen LogP contribution is 2.30. The smallest absolute Gasteiger partial charge is 0.237 e. The van der Waals surface area contributed by atoms with E-state index in [0.717, 1.165) is 12.1 Å². The number of anilines is 2. The largest absolute Gasteiger partial charge is 0.312 e. The standard InChI is InChI=1S/C14H15ClN2O4S/c15-22(20,21)12-8-14(19)17(9-12)11-4-1-3-10(7-11)16-6-2-5-13(16)18/h1,3-4,7,12H,2,5-6,8-9H2. The number of hydrogen-bond acceptors (Lipinski definition) is 4. The summed E-state index contributed by atoms with van der Waals surface area (Å²) in [5, 5.41) is -0.890. The fourth-order valence-corrected chi connectivity index (χ4v) is 3.89. The Morgan fingerprint density at radius 3 is 2.32 bits per heavy atom. The maximum absolute atomic E-state index is 12.1. The summed E-state index contributed by atoms with van der Waals surface area (Å²) in [7, 11) is 1.59. The Hall–Kier alpha value is -1.60. The second-order valence-corrected chi connectivity index (χ2v) is 8.38. The lowest BCUT2D eigenvalue weighted by molar-refractivity contribution is -0.117. The number of benzene rings is 1. The molecule has 0 aromatic heterocycles. The van der Waals surface area contributed by atoms with Gasteiger partial charge in [0.1, 0.15) is 5.25 Å². The average molecular weight is 343 g/mol. The molecular formula is C14H15ClN2O4S. The number of rotatable bonds is 3. The second kappa shape index (κ2) is 5.55. The quantitative estimate of drug-likeness (QED) is 0.780. The summed E-state index contributed by atoms with van der Waals surface area (Å²) in [6.45, 7) is 0.705. The highest BCUT2D eigenvalue weighted by Gasteiger charge is 2.38. The van der Waals surface area contributed by atoms with Gasteiger partial charge in [-0.1, -0.05) is 6.07 Å². The molecule has 6 nitrogen and oxygen atoms in total. The van der Waals surface area contributed by atoms with Gasteiger partial charge in [-0.2, -0.15) is 0 Å². The molecule has 1 aromatic carbocycles. The molecular weight excluding hydrogens is 328 g/mol. The first kappa shape index (κ1) is 15.3. The van der Waals surface area contributed by atoms with Crippen LogP contribution in [-0.4, -0.2) is 38.6 Å². The molecule has 2 heterocycles. The van der Waals surface area contributed by atoms with Gasteiger partial charge in [0.2, 0.25) is 20.9 Å². The Bertz CT molecular complexity index is 734. The highest BCUT2D eigenvalue weighted by atomic mass is 35.7. The Kier molecular flexibility index (Phi) is 3.86. The van der Waals surface area contributed by atoms with Crippen molar-refractivity contribution in [1.82, 2.24) is 0 Å². The van der Waals surface area contributed by atoms with Crippen molar-refractivity contribution in [3.8, 4) is 0 Å². The lowest BCUT2D eigenvalue weighted by Crippen LogP contribution is -2.28. The summed E-state index contributed by atoms with van der Waals surface area (Å²) in [6.07, 6.45) is 1.23. The highest BCUT2D eigenvalue weighted by molar-refractivity contribution is 8.14. The third kappa shape index (κ3) is 2.83. The first-order chi connectivity index (χ1) is 10.4. The van der Waals surface area contributed by atoms with Crippen LogP contribution in [-0.2, 0) is 18.6 Å². The van der Waals surface area contributed by atoms with Crippen LogP contribution >= 0.6 is 10.7 Å². The molecule has 2 aliphatic rings. The number of carbonyl (C=O) groups is 2. The van der Waals surface area contributed by atoms with Gasteiger partial charge in [-0.15, -0.1) is 0 Å². The van der Waals surface area contributed by atoms with E-state index in [9.17, 15) is 18.0 Å². The monoisotopic (exact) mass is 342 g/mol. The van der Waals surface area contributed by atoms with Crippen molar-refractivity contribution >= 4 is 42.9 Å². The third-order valence-corrected chi connectivity index (χ3v) is 5.88. The van der Waals surface area contributed by atoms with Crippen LogP contribution in [0, 0.1) is 0 Å². The van der Waals surface area contributed by atoms with Gasteiger partial charge in [0, 0.05) is 48.0 Å². The molecule has 0 N–H and O–H groups in total. The van der Waals surface area contributed by atoms with Crippen molar-refractivity contribution in [1.29, 1.82) is 0 Å². The molecule has 1 unspecified atom stereocenters. The minimum absolute atomic E-state index is 0.0437. The van der Waals surface area contributed by atoms with Crippen LogP contribution in [0.1, 0.15) is 19.3 Å². The van der Waals surface area contributed by atoms with Crippen LogP contribution in [0.2, 0.25) is 0 Å². The first-order valence-electron chi connectivity index (χ1n) is 7.00. The van der Waals surface area contributed by atoms with Crippen LogP contribution < -0.4 is 9.80 Å². The maximum atomic E-state index is 12.1. The van der Waals surface area contributed by atoms with Gasteiger partial charge in [0.15, 0.2) is 0 Å². The Morgan fingerprint density at radius 2 is 1.77 bits per heavy atom. The number of halogens is 1. The van der Waals surface area contributed by atoms with Crippen molar-refractivity contribution in [2.24, 2.45) is 0 Å². The molecule has 1 aromatic rings. The molecule has 2 saturated heterocycles. The first-order valence-corrected chi connectivity index (χ1v) is 9.38. The predicted octanol–water partition coefficient (Wildman–Crippen LogP) is 1.49. The van der Waals surface area contributed by atoms with E-state index >= 15 is 0 Å². The Balaban J connectivity index is 1.87. The predicted molar refractivity (Wildman–Crippen MR) is 83.6 cm³/mol. The minimum atomic E-state index is -3.77. The molecule has 0 radical (unpaired) electrons. The van der Waals surface area contributed by atoms with E-state index in [1.54, 1.807) is 23.1 Å². The van der Waals surface area contributed by atoms with Gasteiger partial charge < -0.3 is 9.80 Å². The van der Waals surface area contributed by atoms with E-state index in [2.05, 4.69) is 0 Å². The number of amides is 2. The van der Waals surface area contributed by atoms with Gasteiger partial charge in [-0.3, -0.25) is 9.59 Å². The van der Waals surface area contributed by atoms with E-state index in [0.29, 0.717) is 18.7 Å². The molecule has 8 heteroatoms. The van der Waals surface area contributed by atoms with Gasteiger partial charge in [0.25, 0.3) is 0 Å². The van der Waals surface area contributed by atoms with E-state index < -0.39 is 14.3 Å². The molecule has 1 atom stereocenters. The zero-order chi connectivity index (χ0) is 15.9. The minimum Gasteiger partial charge on any atom is -0.312 e. The molecule has 2 amide bonds. The lowest BCUT2D eigenvalue weighted by Gasteiger charge is -2.20. The van der Waals surface area contributed by atoms with E-state index in [4.69, 9.17) is 10.7 Å². The van der Waals surface area contributed by atoms with Crippen molar-refractivity contribution in [3.05, 3.63) is 24.3 Å². The molecule has 0 spiro atoms. The fourth-order valence-electron chi connectivity index (χ4n) is 2.86. The van der Waals surface area contributed by atoms with Gasteiger partial charge in [0.05, 0.1) is 0 Å². The zero-order valence-corrected chi connectivity index (χ0v) is 13.3. The summed E-state index contributed by atoms with van der Waals surface area (Å²) in [4.78, 5) is 26.9. The summed E-state index contributed by atoms with van der Waals surface area (Å²) in [5.41, 5.74) is 1.31. The van der Waals surface area contributed by atoms with Crippen LogP contribution in [0.4, 0.5) is 11.4 Å². The number of carbonyl (C=O) groups excluding carboxylic acids is 2. The second-order valence-electron chi connectivity index (χ2n) is 5.47. The normalized spacial score (nSPS) is 22.7. The summed E-state index contributed by atoms with van der Waals surface area (Å²) in [5.74, 6) is -0.217. The molecule has 2 fully saturated rings. The van der Waals surface area contributed by atoms with Gasteiger partial charge in [-0.25, -0.2) is 8.42 Å². The van der Waals surface area contributed by atoms with Crippen LogP contribution in [0.5, 0.6) is 0 Å². The van der Waals surface area contributed by atoms with Crippen molar-refractivity contribution < 1.29 is 18.0 Å². The molecule has 22 heavy (non-hydrogen) atoms. The fraction of sp³-hybridized carbons (Fsp3) is 0.429. The van der Waals surface area contributed by atoms with Gasteiger partial charge >= 0.3 is 0 Å². The summed E-state index contributed by atoms with van der Waals surface area (Å²) >= 11 is 0. The molecule has 3 rings (SSSR count). The molecule has 0 aliphatic carbocycles. The van der Waals surface area contributed by atoms with Crippen molar-refractivity contribution in [3.63, 3.8) is 0 Å². The third-order valence-electron chi connectivity index (χ3n) is 4.01. The molecule has 118 valence electrons. The van der Waals surface area contributed by atoms with Crippen LogP contribution in [0.3, 0.4) is 0 Å². The molecule has 2 aliphatic heterocycles. The number of hydrogen-bond donors (Lipinski definition) is 0. The lowest BCUT2D eigenvalue weighted by atomic mass is 10.2.